The molecule has 0 aromatic heterocycles. The molecule has 1 aromatic carbocycles. The summed E-state index contributed by atoms with van der Waals surface area (Å²) in [6, 6.07) is 10.0. The van der Waals surface area contributed by atoms with Crippen molar-refractivity contribution < 1.29 is 4.79 Å². The summed E-state index contributed by atoms with van der Waals surface area (Å²) in [5.74, 6) is 0.0609. The molecule has 0 saturated carbocycles. The van der Waals surface area contributed by atoms with Gasteiger partial charge in [-0.25, -0.2) is 0 Å². The minimum absolute atomic E-state index is 0.0609. The van der Waals surface area contributed by atoms with Crippen LogP contribution in [0.5, 0.6) is 0 Å². The molecular formula is C13H13NO. The maximum atomic E-state index is 10.8. The summed E-state index contributed by atoms with van der Waals surface area (Å²) < 4.78 is 0. The zero-order valence-electron chi connectivity index (χ0n) is 8.90. The predicted octanol–water partition coefficient (Wildman–Crippen LogP) is 2.39. The van der Waals surface area contributed by atoms with Crippen molar-refractivity contribution in [2.75, 3.05) is 0 Å². The molecule has 2 nitrogen and oxygen atoms in total. The first-order valence-electron chi connectivity index (χ1n) is 4.97. The highest BCUT2D eigenvalue weighted by atomic mass is 16.1. The second kappa shape index (κ2) is 3.46. The molecule has 15 heavy (non-hydrogen) atoms. The number of benzene rings is 1. The second-order valence-corrected chi connectivity index (χ2v) is 3.92. The van der Waals surface area contributed by atoms with Gasteiger partial charge in [-0.05, 0) is 31.6 Å². The monoisotopic (exact) mass is 199 g/mol. The predicted molar refractivity (Wildman–Crippen MR) is 61.2 cm³/mol. The standard InChI is InChI=1S/C13H13NO/c1-10(15)8-9-13(2)12(14-13)11-6-4-3-5-7-11/h3-9H,1-2H3/b9-8+. The van der Waals surface area contributed by atoms with Gasteiger partial charge in [-0.3, -0.25) is 9.79 Å². The quantitative estimate of drug-likeness (QED) is 0.687. The molecule has 0 amide bonds. The lowest BCUT2D eigenvalue weighted by Crippen LogP contribution is -2.11. The average molecular weight is 199 g/mol. The molecule has 1 aliphatic heterocycles. The van der Waals surface area contributed by atoms with Crippen LogP contribution in [-0.4, -0.2) is 17.0 Å². The summed E-state index contributed by atoms with van der Waals surface area (Å²) in [6.45, 7) is 3.55. The lowest BCUT2D eigenvalue weighted by Gasteiger charge is -2.01. The van der Waals surface area contributed by atoms with Crippen LogP contribution < -0.4 is 0 Å². The number of carbonyl (C=O) groups is 1. The number of aliphatic imine (C=N–C) groups is 1. The number of nitrogens with zero attached hydrogens (tertiary/aromatic N) is 1. The van der Waals surface area contributed by atoms with Crippen molar-refractivity contribution in [3.8, 4) is 0 Å². The van der Waals surface area contributed by atoms with Crippen molar-refractivity contribution >= 4 is 11.5 Å². The average Bonchev–Trinajstić information content (AvgIpc) is 2.90. The molecule has 0 N–H and O–H groups in total. The van der Waals surface area contributed by atoms with Crippen molar-refractivity contribution in [2.24, 2.45) is 4.99 Å². The fourth-order valence-electron chi connectivity index (χ4n) is 1.55. The van der Waals surface area contributed by atoms with E-state index in [1.54, 1.807) is 13.0 Å². The first kappa shape index (κ1) is 9.84. The topological polar surface area (TPSA) is 29.4 Å². The Morgan fingerprint density at radius 2 is 2.00 bits per heavy atom. The third kappa shape index (κ3) is 2.04. The minimum atomic E-state index is -0.257. The van der Waals surface area contributed by atoms with Gasteiger partial charge in [-0.1, -0.05) is 30.3 Å². The maximum absolute atomic E-state index is 10.8. The zero-order valence-corrected chi connectivity index (χ0v) is 8.90. The molecule has 2 rings (SSSR count). The van der Waals surface area contributed by atoms with E-state index in [0.29, 0.717) is 0 Å². The van der Waals surface area contributed by atoms with Crippen molar-refractivity contribution in [3.63, 3.8) is 0 Å². The highest BCUT2D eigenvalue weighted by Gasteiger charge is 2.40. The Balaban J connectivity index is 2.12. The van der Waals surface area contributed by atoms with Crippen molar-refractivity contribution in [1.29, 1.82) is 0 Å². The molecule has 1 atom stereocenters. The van der Waals surface area contributed by atoms with Crippen LogP contribution in [0.4, 0.5) is 0 Å². The number of allylic oxidation sites excluding steroid dienone is 1. The van der Waals surface area contributed by atoms with Crippen molar-refractivity contribution in [3.05, 3.63) is 48.0 Å². The zero-order chi connectivity index (χ0) is 10.9. The summed E-state index contributed by atoms with van der Waals surface area (Å²) >= 11 is 0. The first-order chi connectivity index (χ1) is 7.12. The first-order valence-corrected chi connectivity index (χ1v) is 4.97. The molecule has 1 unspecified atom stereocenters. The van der Waals surface area contributed by atoms with Crippen LogP contribution in [0, 0.1) is 0 Å². The Hall–Kier alpha value is -1.70. The molecule has 1 aromatic rings. The van der Waals surface area contributed by atoms with Crippen LogP contribution in [0.1, 0.15) is 19.4 Å². The van der Waals surface area contributed by atoms with Crippen molar-refractivity contribution in [2.45, 2.75) is 19.4 Å². The molecule has 1 aliphatic rings. The van der Waals surface area contributed by atoms with Gasteiger partial charge >= 0.3 is 0 Å². The maximum Gasteiger partial charge on any atom is 0.152 e. The van der Waals surface area contributed by atoms with Crippen LogP contribution >= 0.6 is 0 Å². The van der Waals surface area contributed by atoms with E-state index in [9.17, 15) is 4.79 Å². The van der Waals surface area contributed by atoms with E-state index in [4.69, 9.17) is 0 Å². The molecule has 0 fully saturated rings. The van der Waals surface area contributed by atoms with E-state index in [2.05, 4.69) is 4.99 Å². The second-order valence-electron chi connectivity index (χ2n) is 3.92. The third-order valence-electron chi connectivity index (χ3n) is 2.46. The number of hydrogen-bond acceptors (Lipinski definition) is 2. The van der Waals surface area contributed by atoms with E-state index >= 15 is 0 Å². The van der Waals surface area contributed by atoms with Crippen LogP contribution in [0.15, 0.2) is 47.5 Å². The largest absolute Gasteiger partial charge is 0.295 e. The van der Waals surface area contributed by atoms with Gasteiger partial charge in [0.25, 0.3) is 0 Å². The summed E-state index contributed by atoms with van der Waals surface area (Å²) in [4.78, 5) is 15.2. The fourth-order valence-corrected chi connectivity index (χ4v) is 1.55. The van der Waals surface area contributed by atoms with Crippen LogP contribution in [-0.2, 0) is 4.79 Å². The molecule has 0 bridgehead atoms. The van der Waals surface area contributed by atoms with Gasteiger partial charge in [0.2, 0.25) is 0 Å². The van der Waals surface area contributed by atoms with Crippen LogP contribution in [0.3, 0.4) is 0 Å². The molecule has 1 heterocycles. The lowest BCUT2D eigenvalue weighted by molar-refractivity contribution is -0.112. The molecule has 0 aliphatic carbocycles. The summed E-state index contributed by atoms with van der Waals surface area (Å²) in [5, 5.41) is 0. The Bertz CT molecular complexity index is 445. The van der Waals surface area contributed by atoms with Gasteiger partial charge in [0.15, 0.2) is 5.78 Å². The Labute approximate surface area is 89.3 Å². The number of carbonyl (C=O) groups excluding carboxylic acids is 1. The fraction of sp³-hybridized carbons (Fsp3) is 0.231. The molecule has 0 saturated heterocycles. The molecule has 76 valence electrons. The normalized spacial score (nSPS) is 24.0. The third-order valence-corrected chi connectivity index (χ3v) is 2.46. The molecule has 0 spiro atoms. The van der Waals surface area contributed by atoms with Gasteiger partial charge in [0.05, 0.1) is 5.71 Å². The van der Waals surface area contributed by atoms with Crippen LogP contribution in [0.2, 0.25) is 0 Å². The SMILES string of the molecule is CC(=O)/C=C/C1(C)N=C1c1ccccc1. The summed E-state index contributed by atoms with van der Waals surface area (Å²) in [6.07, 6.45) is 3.44. The highest BCUT2D eigenvalue weighted by Crippen LogP contribution is 2.33. The van der Waals surface area contributed by atoms with Crippen molar-refractivity contribution in [1.82, 2.24) is 0 Å². The van der Waals surface area contributed by atoms with Gasteiger partial charge < -0.3 is 0 Å². The summed E-state index contributed by atoms with van der Waals surface area (Å²) in [5.41, 5.74) is 1.93. The summed E-state index contributed by atoms with van der Waals surface area (Å²) in [7, 11) is 0. The number of hydrogen-bond donors (Lipinski definition) is 0. The van der Waals surface area contributed by atoms with Gasteiger partial charge in [-0.2, -0.15) is 0 Å². The molecule has 2 heteroatoms. The van der Waals surface area contributed by atoms with E-state index in [-0.39, 0.29) is 11.3 Å². The number of ketones is 1. The van der Waals surface area contributed by atoms with E-state index in [1.165, 1.54) is 0 Å². The Morgan fingerprint density at radius 3 is 2.60 bits per heavy atom. The van der Waals surface area contributed by atoms with Gasteiger partial charge in [-0.15, -0.1) is 0 Å². The smallest absolute Gasteiger partial charge is 0.152 e. The van der Waals surface area contributed by atoms with E-state index in [1.807, 2.05) is 43.3 Å². The molecule has 0 radical (unpaired) electrons. The Kier molecular flexibility index (Phi) is 2.27. The number of rotatable bonds is 3. The minimum Gasteiger partial charge on any atom is -0.295 e. The van der Waals surface area contributed by atoms with E-state index < -0.39 is 0 Å². The van der Waals surface area contributed by atoms with Gasteiger partial charge in [0, 0.05) is 0 Å². The Morgan fingerprint density at radius 1 is 1.33 bits per heavy atom. The van der Waals surface area contributed by atoms with Gasteiger partial charge in [0.1, 0.15) is 5.54 Å². The highest BCUT2D eigenvalue weighted by molar-refractivity contribution is 6.18. The molecular weight excluding hydrogens is 186 g/mol. The lowest BCUT2D eigenvalue weighted by atomic mass is 9.99. The van der Waals surface area contributed by atoms with E-state index in [0.717, 1.165) is 11.3 Å². The van der Waals surface area contributed by atoms with Crippen LogP contribution in [0.25, 0.3) is 0 Å².